The maximum Gasteiger partial charge on any atom is 0.338 e. The lowest BCUT2D eigenvalue weighted by Crippen LogP contribution is -2.55. The number of benzene rings is 2. The first-order valence-corrected chi connectivity index (χ1v) is 11.2. The zero-order chi connectivity index (χ0) is 24.8. The molecule has 1 aliphatic heterocycles. The Labute approximate surface area is 200 Å². The van der Waals surface area contributed by atoms with Gasteiger partial charge in [0.05, 0.1) is 5.69 Å². The lowest BCUT2D eigenvalue weighted by Gasteiger charge is -2.31. The third-order valence-electron chi connectivity index (χ3n) is 6.22. The Morgan fingerprint density at radius 2 is 1.41 bits per heavy atom. The van der Waals surface area contributed by atoms with Gasteiger partial charge >= 0.3 is 6.03 Å². The molecule has 6 heteroatoms. The molecule has 0 aliphatic carbocycles. The summed E-state index contributed by atoms with van der Waals surface area (Å²) < 4.78 is 2.10. The van der Waals surface area contributed by atoms with Crippen LogP contribution >= 0.6 is 0 Å². The molecule has 0 radical (unpaired) electrons. The highest BCUT2D eigenvalue weighted by molar-refractivity contribution is 6.39. The van der Waals surface area contributed by atoms with Crippen LogP contribution in [0.2, 0.25) is 0 Å². The summed E-state index contributed by atoms with van der Waals surface area (Å²) in [4.78, 5) is 40.9. The Morgan fingerprint density at radius 1 is 0.794 bits per heavy atom. The quantitative estimate of drug-likeness (QED) is 0.392. The van der Waals surface area contributed by atoms with Gasteiger partial charge in [-0.05, 0) is 66.8 Å². The number of para-hydroxylation sites is 1. The number of imide groups is 2. The number of nitrogens with zero attached hydrogens (tertiary/aromatic N) is 3. The van der Waals surface area contributed by atoms with Crippen molar-refractivity contribution in [3.8, 4) is 5.69 Å². The van der Waals surface area contributed by atoms with E-state index in [0.29, 0.717) is 5.69 Å². The Kier molecular flexibility index (Phi) is 5.77. The van der Waals surface area contributed by atoms with Crippen LogP contribution < -0.4 is 4.90 Å². The van der Waals surface area contributed by atoms with E-state index in [1.165, 1.54) is 12.6 Å². The Hall–Kier alpha value is -3.93. The first-order valence-electron chi connectivity index (χ1n) is 11.2. The highest BCUT2D eigenvalue weighted by atomic mass is 16.2. The Morgan fingerprint density at radius 3 is 2.00 bits per heavy atom. The van der Waals surface area contributed by atoms with Gasteiger partial charge in [0.2, 0.25) is 0 Å². The summed E-state index contributed by atoms with van der Waals surface area (Å²) in [6.45, 7) is 10.5. The average molecular weight is 456 g/mol. The molecule has 4 rings (SSSR count). The average Bonchev–Trinajstić information content (AvgIpc) is 3.08. The second kappa shape index (κ2) is 8.45. The van der Waals surface area contributed by atoms with Crippen LogP contribution in [0, 0.1) is 13.8 Å². The summed E-state index contributed by atoms with van der Waals surface area (Å²) in [6.07, 6.45) is 1.59. The van der Waals surface area contributed by atoms with Crippen molar-refractivity contribution in [3.05, 3.63) is 88.8 Å². The number of hydrogen-bond donors (Lipinski definition) is 0. The summed E-state index contributed by atoms with van der Waals surface area (Å²) >= 11 is 0. The third kappa shape index (κ3) is 3.96. The lowest BCUT2D eigenvalue weighted by atomic mass is 9.87. The molecule has 0 bridgehead atoms. The molecule has 1 aromatic heterocycles. The topological polar surface area (TPSA) is 62.6 Å². The van der Waals surface area contributed by atoms with E-state index in [-0.39, 0.29) is 11.0 Å². The summed E-state index contributed by atoms with van der Waals surface area (Å²) in [5.74, 6) is -1.24. The van der Waals surface area contributed by atoms with E-state index in [4.69, 9.17) is 0 Å². The van der Waals surface area contributed by atoms with Crippen molar-refractivity contribution >= 4 is 29.6 Å². The van der Waals surface area contributed by atoms with Gasteiger partial charge in [0.15, 0.2) is 0 Å². The van der Waals surface area contributed by atoms with Gasteiger partial charge in [-0.3, -0.25) is 14.5 Å². The largest absolute Gasteiger partial charge is 0.338 e. The number of carbonyl (C=O) groups excluding carboxylic acids is 3. The fourth-order valence-corrected chi connectivity index (χ4v) is 4.24. The van der Waals surface area contributed by atoms with E-state index in [9.17, 15) is 14.4 Å². The monoisotopic (exact) mass is 455 g/mol. The zero-order valence-electron chi connectivity index (χ0n) is 20.4. The number of likely N-dealkylation sites (N-methyl/N-ethyl adjacent to an activating group) is 1. The van der Waals surface area contributed by atoms with Gasteiger partial charge in [-0.15, -0.1) is 0 Å². The smallest absolute Gasteiger partial charge is 0.318 e. The molecule has 34 heavy (non-hydrogen) atoms. The van der Waals surface area contributed by atoms with Crippen LogP contribution in [-0.2, 0) is 15.0 Å². The van der Waals surface area contributed by atoms with Gasteiger partial charge in [0.25, 0.3) is 11.8 Å². The van der Waals surface area contributed by atoms with Crippen LogP contribution in [0.1, 0.15) is 43.3 Å². The number of barbiturate groups is 1. The fraction of sp³-hybridized carbons (Fsp3) is 0.250. The molecule has 3 aromatic rings. The standard InChI is InChI=1S/C28H29N3O3/c1-18-16-20(19(2)30(18)23-14-12-21(13-15-23)28(3,4)5)17-24-25(32)29(6)27(34)31(26(24)33)22-10-8-7-9-11-22/h7-17H,1-6H3/b24-17+. The van der Waals surface area contributed by atoms with Crippen molar-refractivity contribution in [1.29, 1.82) is 0 Å². The molecule has 0 atom stereocenters. The van der Waals surface area contributed by atoms with Crippen LogP contribution in [0.15, 0.2) is 66.2 Å². The van der Waals surface area contributed by atoms with E-state index >= 15 is 0 Å². The molecule has 1 aliphatic rings. The van der Waals surface area contributed by atoms with Gasteiger partial charge in [0, 0.05) is 24.1 Å². The fourth-order valence-electron chi connectivity index (χ4n) is 4.24. The first kappa shape index (κ1) is 23.2. The molecule has 0 spiro atoms. The van der Waals surface area contributed by atoms with Crippen LogP contribution in [-0.4, -0.2) is 34.4 Å². The zero-order valence-corrected chi connectivity index (χ0v) is 20.4. The molecule has 2 heterocycles. The van der Waals surface area contributed by atoms with E-state index in [0.717, 1.165) is 32.4 Å². The number of hydrogen-bond acceptors (Lipinski definition) is 3. The van der Waals surface area contributed by atoms with Crippen molar-refractivity contribution in [2.24, 2.45) is 0 Å². The lowest BCUT2D eigenvalue weighted by molar-refractivity contribution is -0.128. The number of urea groups is 1. The van der Waals surface area contributed by atoms with Gasteiger partial charge in [-0.25, -0.2) is 9.69 Å². The van der Waals surface area contributed by atoms with Crippen molar-refractivity contribution in [3.63, 3.8) is 0 Å². The van der Waals surface area contributed by atoms with Crippen LogP contribution in [0.4, 0.5) is 10.5 Å². The highest BCUT2D eigenvalue weighted by Crippen LogP contribution is 2.29. The molecule has 4 amide bonds. The van der Waals surface area contributed by atoms with E-state index < -0.39 is 17.8 Å². The number of aryl methyl sites for hydroxylation is 1. The predicted molar refractivity (Wildman–Crippen MR) is 134 cm³/mol. The van der Waals surface area contributed by atoms with E-state index in [1.807, 2.05) is 19.9 Å². The summed E-state index contributed by atoms with van der Waals surface area (Å²) in [5.41, 5.74) is 5.32. The third-order valence-corrected chi connectivity index (χ3v) is 6.22. The normalized spacial score (nSPS) is 16.1. The minimum atomic E-state index is -0.664. The number of aromatic nitrogens is 1. The Balaban J connectivity index is 1.76. The van der Waals surface area contributed by atoms with Crippen LogP contribution in [0.5, 0.6) is 0 Å². The predicted octanol–water partition coefficient (Wildman–Crippen LogP) is 5.40. The van der Waals surface area contributed by atoms with Crippen molar-refractivity contribution < 1.29 is 14.4 Å². The maximum atomic E-state index is 13.3. The minimum Gasteiger partial charge on any atom is -0.318 e. The molecular formula is C28H29N3O3. The second-order valence-corrected chi connectivity index (χ2v) is 9.64. The maximum absolute atomic E-state index is 13.3. The molecule has 6 nitrogen and oxygen atoms in total. The summed E-state index contributed by atoms with van der Waals surface area (Å²) in [6, 6.07) is 18.3. The number of amides is 4. The molecule has 0 N–H and O–H groups in total. The minimum absolute atomic E-state index is 0.0470. The second-order valence-electron chi connectivity index (χ2n) is 9.64. The highest BCUT2D eigenvalue weighted by Gasteiger charge is 2.41. The van der Waals surface area contributed by atoms with Gasteiger partial charge < -0.3 is 4.57 Å². The Bertz CT molecular complexity index is 1310. The molecule has 1 fully saturated rings. The van der Waals surface area contributed by atoms with Crippen LogP contribution in [0.3, 0.4) is 0 Å². The number of carbonyl (C=O) groups is 3. The SMILES string of the molecule is Cc1cc(/C=C2\C(=O)N(C)C(=O)N(c3ccccc3)C2=O)c(C)n1-c1ccc(C(C)(C)C)cc1. The molecule has 0 unspecified atom stereocenters. The number of anilines is 1. The summed E-state index contributed by atoms with van der Waals surface area (Å²) in [7, 11) is 1.39. The summed E-state index contributed by atoms with van der Waals surface area (Å²) in [5, 5.41) is 0. The van der Waals surface area contributed by atoms with Crippen molar-refractivity contribution in [1.82, 2.24) is 9.47 Å². The van der Waals surface area contributed by atoms with Crippen LogP contribution in [0.25, 0.3) is 11.8 Å². The van der Waals surface area contributed by atoms with Gasteiger partial charge in [-0.1, -0.05) is 51.1 Å². The van der Waals surface area contributed by atoms with Gasteiger partial charge in [0.1, 0.15) is 5.57 Å². The van der Waals surface area contributed by atoms with E-state index in [1.54, 1.807) is 36.4 Å². The number of rotatable bonds is 3. The first-order chi connectivity index (χ1) is 16.0. The van der Waals surface area contributed by atoms with Crippen molar-refractivity contribution in [2.45, 2.75) is 40.0 Å². The van der Waals surface area contributed by atoms with Gasteiger partial charge in [-0.2, -0.15) is 0 Å². The van der Waals surface area contributed by atoms with Crippen molar-refractivity contribution in [2.75, 3.05) is 11.9 Å². The molecule has 174 valence electrons. The van der Waals surface area contributed by atoms with E-state index in [2.05, 4.69) is 49.6 Å². The molecular weight excluding hydrogens is 426 g/mol. The molecule has 2 aromatic carbocycles. The molecule has 0 saturated carbocycles. The molecule has 1 saturated heterocycles.